The van der Waals surface area contributed by atoms with Crippen LogP contribution in [0.15, 0.2) is 6.07 Å². The van der Waals surface area contributed by atoms with Crippen molar-refractivity contribution in [2.24, 2.45) is 0 Å². The zero-order valence-electron chi connectivity index (χ0n) is 14.4. The number of hydrogen-bond donors (Lipinski definition) is 2. The molecule has 0 spiro atoms. The second kappa shape index (κ2) is 12.6. The van der Waals surface area contributed by atoms with Crippen molar-refractivity contribution in [1.82, 2.24) is 10.6 Å². The molecule has 148 valence electrons. The molecule has 0 fully saturated rings. The van der Waals surface area contributed by atoms with Crippen LogP contribution < -0.4 is 10.6 Å². The van der Waals surface area contributed by atoms with Crippen molar-refractivity contribution >= 4 is 5.91 Å². The van der Waals surface area contributed by atoms with Crippen molar-refractivity contribution in [3.05, 3.63) is 34.9 Å². The van der Waals surface area contributed by atoms with Crippen LogP contribution in [0.2, 0.25) is 0 Å². The highest BCUT2D eigenvalue weighted by atomic mass is 19.2. The van der Waals surface area contributed by atoms with E-state index in [1.807, 2.05) is 7.05 Å². The summed E-state index contributed by atoms with van der Waals surface area (Å²) in [5.74, 6) is -8.45. The summed E-state index contributed by atoms with van der Waals surface area (Å²) in [7, 11) is 1.83. The van der Waals surface area contributed by atoms with Crippen molar-refractivity contribution in [1.29, 1.82) is 0 Å². The summed E-state index contributed by atoms with van der Waals surface area (Å²) in [6, 6.07) is 0.302. The summed E-state index contributed by atoms with van der Waals surface area (Å²) in [6.07, 6.45) is 0. The largest absolute Gasteiger partial charge is 0.378 e. The molecule has 0 aliphatic heterocycles. The molecule has 0 radical (unpaired) electrons. The van der Waals surface area contributed by atoms with Crippen LogP contribution in [0, 0.1) is 23.3 Å². The van der Waals surface area contributed by atoms with E-state index in [1.54, 1.807) is 0 Å². The number of halogens is 4. The van der Waals surface area contributed by atoms with Crippen LogP contribution >= 0.6 is 0 Å². The molecule has 0 unspecified atom stereocenters. The molecule has 26 heavy (non-hydrogen) atoms. The zero-order valence-corrected chi connectivity index (χ0v) is 14.4. The molecule has 0 saturated heterocycles. The first-order valence-electron chi connectivity index (χ1n) is 7.98. The van der Waals surface area contributed by atoms with Gasteiger partial charge in [0.25, 0.3) is 5.91 Å². The predicted molar refractivity (Wildman–Crippen MR) is 85.0 cm³/mol. The van der Waals surface area contributed by atoms with Crippen LogP contribution in [-0.4, -0.2) is 65.7 Å². The number of nitrogens with one attached hydrogen (secondary N) is 2. The molecule has 1 amide bonds. The lowest BCUT2D eigenvalue weighted by Crippen LogP contribution is -2.29. The SMILES string of the molecule is CNCCOCCOCCOCCNC(=O)c1cc(F)c(F)c(F)c1F. The first-order chi connectivity index (χ1) is 12.5. The molecule has 0 heterocycles. The van der Waals surface area contributed by atoms with Gasteiger partial charge >= 0.3 is 0 Å². The van der Waals surface area contributed by atoms with Gasteiger partial charge in [-0.25, -0.2) is 17.6 Å². The Hall–Kier alpha value is -1.75. The molecule has 1 rings (SSSR count). The molecular weight excluding hydrogens is 360 g/mol. The number of likely N-dealkylation sites (N-methyl/N-ethyl adjacent to an activating group) is 1. The maximum absolute atomic E-state index is 13.4. The molecular formula is C16H22F4N2O4. The van der Waals surface area contributed by atoms with Gasteiger partial charge in [0.15, 0.2) is 23.3 Å². The van der Waals surface area contributed by atoms with E-state index in [9.17, 15) is 22.4 Å². The smallest absolute Gasteiger partial charge is 0.254 e. The number of rotatable bonds is 13. The highest BCUT2D eigenvalue weighted by molar-refractivity contribution is 5.94. The van der Waals surface area contributed by atoms with Crippen molar-refractivity contribution in [2.75, 3.05) is 59.8 Å². The van der Waals surface area contributed by atoms with Crippen LogP contribution in [0.1, 0.15) is 10.4 Å². The molecule has 0 aliphatic rings. The van der Waals surface area contributed by atoms with Crippen LogP contribution in [-0.2, 0) is 14.2 Å². The third-order valence-electron chi connectivity index (χ3n) is 3.12. The maximum Gasteiger partial charge on any atom is 0.254 e. The molecule has 0 saturated carbocycles. The topological polar surface area (TPSA) is 68.8 Å². The van der Waals surface area contributed by atoms with E-state index in [0.717, 1.165) is 6.54 Å². The number of carbonyl (C=O) groups excluding carboxylic acids is 1. The van der Waals surface area contributed by atoms with E-state index in [0.29, 0.717) is 32.5 Å². The molecule has 0 bridgehead atoms. The first-order valence-corrected chi connectivity index (χ1v) is 7.98. The third-order valence-corrected chi connectivity index (χ3v) is 3.12. The summed E-state index contributed by atoms with van der Waals surface area (Å²) in [5.41, 5.74) is -0.914. The average Bonchev–Trinajstić information content (AvgIpc) is 2.63. The van der Waals surface area contributed by atoms with Crippen molar-refractivity contribution < 1.29 is 36.6 Å². The Morgan fingerprint density at radius 3 is 1.96 bits per heavy atom. The van der Waals surface area contributed by atoms with Gasteiger partial charge in [0, 0.05) is 13.1 Å². The highest BCUT2D eigenvalue weighted by Gasteiger charge is 2.22. The first kappa shape index (κ1) is 22.3. The minimum absolute atomic E-state index is 0.0218. The van der Waals surface area contributed by atoms with E-state index in [1.165, 1.54) is 0 Å². The van der Waals surface area contributed by atoms with Crippen LogP contribution in [0.5, 0.6) is 0 Å². The second-order valence-electron chi connectivity index (χ2n) is 5.04. The molecule has 1 aromatic rings. The lowest BCUT2D eigenvalue weighted by Gasteiger charge is -2.09. The lowest BCUT2D eigenvalue weighted by molar-refractivity contribution is 0.0159. The van der Waals surface area contributed by atoms with E-state index in [4.69, 9.17) is 14.2 Å². The monoisotopic (exact) mass is 382 g/mol. The zero-order chi connectivity index (χ0) is 19.4. The molecule has 2 N–H and O–H groups in total. The van der Waals surface area contributed by atoms with Gasteiger partial charge in [-0.1, -0.05) is 0 Å². The fraction of sp³-hybridized carbons (Fsp3) is 0.562. The van der Waals surface area contributed by atoms with E-state index >= 15 is 0 Å². The second-order valence-corrected chi connectivity index (χ2v) is 5.04. The van der Waals surface area contributed by atoms with E-state index < -0.39 is 34.7 Å². The van der Waals surface area contributed by atoms with Gasteiger partial charge in [0.05, 0.1) is 45.2 Å². The van der Waals surface area contributed by atoms with Gasteiger partial charge < -0.3 is 24.8 Å². The van der Waals surface area contributed by atoms with Gasteiger partial charge in [-0.15, -0.1) is 0 Å². The summed E-state index contributed by atoms with van der Waals surface area (Å²) in [4.78, 5) is 11.7. The van der Waals surface area contributed by atoms with Crippen molar-refractivity contribution in [3.63, 3.8) is 0 Å². The van der Waals surface area contributed by atoms with Crippen molar-refractivity contribution in [2.45, 2.75) is 0 Å². The van der Waals surface area contributed by atoms with Gasteiger partial charge in [-0.05, 0) is 13.1 Å². The van der Waals surface area contributed by atoms with Crippen molar-refractivity contribution in [3.8, 4) is 0 Å². The number of benzene rings is 1. The number of carbonyl (C=O) groups is 1. The van der Waals surface area contributed by atoms with Gasteiger partial charge in [-0.3, -0.25) is 4.79 Å². The number of hydrogen-bond acceptors (Lipinski definition) is 5. The third kappa shape index (κ3) is 7.65. The van der Waals surface area contributed by atoms with Gasteiger partial charge in [0.2, 0.25) is 0 Å². The quantitative estimate of drug-likeness (QED) is 0.233. The normalized spacial score (nSPS) is 11.0. The Morgan fingerprint density at radius 2 is 1.38 bits per heavy atom. The lowest BCUT2D eigenvalue weighted by atomic mass is 10.1. The Morgan fingerprint density at radius 1 is 0.846 bits per heavy atom. The van der Waals surface area contributed by atoms with Crippen LogP contribution in [0.25, 0.3) is 0 Å². The van der Waals surface area contributed by atoms with Gasteiger partial charge in [0.1, 0.15) is 0 Å². The number of amides is 1. The van der Waals surface area contributed by atoms with Crippen LogP contribution in [0.4, 0.5) is 17.6 Å². The standard InChI is InChI=1S/C16H22F4N2O4/c1-21-2-4-24-6-8-26-9-7-25-5-3-22-16(23)11-10-12(17)14(19)15(20)13(11)18/h10,21H,2-9H2,1H3,(H,22,23). The van der Waals surface area contributed by atoms with E-state index in [-0.39, 0.29) is 19.8 Å². The molecule has 0 atom stereocenters. The predicted octanol–water partition coefficient (Wildman–Crippen LogP) is 1.24. The minimum Gasteiger partial charge on any atom is -0.378 e. The molecule has 6 nitrogen and oxygen atoms in total. The average molecular weight is 382 g/mol. The summed E-state index contributed by atoms with van der Waals surface area (Å²) < 4.78 is 68.0. The fourth-order valence-corrected chi connectivity index (χ4v) is 1.79. The molecule has 1 aromatic carbocycles. The minimum atomic E-state index is -2.03. The summed E-state index contributed by atoms with van der Waals surface area (Å²) in [6.45, 7) is 2.90. The Balaban J connectivity index is 2.13. The number of ether oxygens (including phenoxy) is 3. The van der Waals surface area contributed by atoms with E-state index in [2.05, 4.69) is 10.6 Å². The highest BCUT2D eigenvalue weighted by Crippen LogP contribution is 2.18. The van der Waals surface area contributed by atoms with Gasteiger partial charge in [-0.2, -0.15) is 0 Å². The molecule has 10 heteroatoms. The summed E-state index contributed by atoms with van der Waals surface area (Å²) in [5, 5.41) is 5.16. The molecule has 0 aliphatic carbocycles. The Kier molecular flexibility index (Phi) is 10.8. The summed E-state index contributed by atoms with van der Waals surface area (Å²) >= 11 is 0. The maximum atomic E-state index is 13.4. The fourth-order valence-electron chi connectivity index (χ4n) is 1.79. The Bertz CT molecular complexity index is 576. The van der Waals surface area contributed by atoms with Crippen LogP contribution in [0.3, 0.4) is 0 Å². The Labute approximate surface area is 148 Å². The molecule has 0 aromatic heterocycles.